The lowest BCUT2D eigenvalue weighted by Gasteiger charge is -2.10. The lowest BCUT2D eigenvalue weighted by molar-refractivity contribution is -0.118. The van der Waals surface area contributed by atoms with Gasteiger partial charge in [0.2, 0.25) is 5.91 Å². The van der Waals surface area contributed by atoms with Gasteiger partial charge in [0.15, 0.2) is 0 Å². The Hall–Kier alpha value is -2.87. The van der Waals surface area contributed by atoms with E-state index in [1.807, 2.05) is 0 Å². The van der Waals surface area contributed by atoms with Gasteiger partial charge >= 0.3 is 5.97 Å². The molecule has 0 aliphatic rings. The zero-order valence-electron chi connectivity index (χ0n) is 15.2. The fraction of sp³-hybridized carbons (Fsp3) is 0.263. The Morgan fingerprint density at radius 1 is 1.00 bits per heavy atom. The third-order valence-electron chi connectivity index (χ3n) is 3.67. The minimum Gasteiger partial charge on any atom is -0.462 e. The van der Waals surface area contributed by atoms with E-state index in [2.05, 4.69) is 10.0 Å². The summed E-state index contributed by atoms with van der Waals surface area (Å²) in [5, 5.41) is 2.69. The number of benzene rings is 2. The van der Waals surface area contributed by atoms with E-state index in [1.165, 1.54) is 43.3 Å². The molecule has 7 nitrogen and oxygen atoms in total. The van der Waals surface area contributed by atoms with Crippen molar-refractivity contribution in [1.29, 1.82) is 0 Å². The van der Waals surface area contributed by atoms with Crippen LogP contribution < -0.4 is 10.0 Å². The number of sulfonamides is 1. The van der Waals surface area contributed by atoms with Gasteiger partial charge in [-0.1, -0.05) is 12.1 Å². The van der Waals surface area contributed by atoms with Crippen molar-refractivity contribution in [2.75, 3.05) is 17.9 Å². The van der Waals surface area contributed by atoms with Crippen LogP contribution in [0.3, 0.4) is 0 Å². The number of nitrogens with one attached hydrogen (secondary N) is 2. The van der Waals surface area contributed by atoms with Gasteiger partial charge in [-0.3, -0.25) is 9.52 Å². The number of carbonyl (C=O) groups is 2. The van der Waals surface area contributed by atoms with E-state index >= 15 is 0 Å². The minimum atomic E-state index is -3.74. The van der Waals surface area contributed by atoms with E-state index in [9.17, 15) is 18.0 Å². The second-order valence-electron chi connectivity index (χ2n) is 5.78. The summed E-state index contributed by atoms with van der Waals surface area (Å²) in [4.78, 5) is 22.6. The van der Waals surface area contributed by atoms with Crippen molar-refractivity contribution in [1.82, 2.24) is 5.32 Å². The highest BCUT2D eigenvalue weighted by Crippen LogP contribution is 2.18. The van der Waals surface area contributed by atoms with E-state index in [1.54, 1.807) is 19.1 Å². The van der Waals surface area contributed by atoms with Crippen LogP contribution in [0.15, 0.2) is 53.4 Å². The lowest BCUT2D eigenvalue weighted by atomic mass is 10.1. The van der Waals surface area contributed by atoms with Crippen LogP contribution >= 0.6 is 0 Å². The number of anilines is 1. The summed E-state index contributed by atoms with van der Waals surface area (Å²) in [5.41, 5.74) is 1.61. The fourth-order valence-electron chi connectivity index (χ4n) is 2.32. The van der Waals surface area contributed by atoms with Crippen LogP contribution in [0, 0.1) is 0 Å². The summed E-state index contributed by atoms with van der Waals surface area (Å²) >= 11 is 0. The van der Waals surface area contributed by atoms with Gasteiger partial charge in [0.25, 0.3) is 10.0 Å². The van der Waals surface area contributed by atoms with Crippen molar-refractivity contribution in [3.8, 4) is 0 Å². The van der Waals surface area contributed by atoms with Crippen molar-refractivity contribution in [2.24, 2.45) is 0 Å². The Bertz CT molecular complexity index is 891. The number of esters is 1. The molecule has 0 spiro atoms. The number of ether oxygens (including phenoxy) is 1. The molecule has 0 aromatic heterocycles. The predicted octanol–water partition coefficient (Wildman–Crippen LogP) is 2.34. The number of rotatable bonds is 8. The van der Waals surface area contributed by atoms with Crippen LogP contribution in [0.25, 0.3) is 0 Å². The van der Waals surface area contributed by atoms with Crippen LogP contribution in [-0.4, -0.2) is 33.4 Å². The van der Waals surface area contributed by atoms with Crippen molar-refractivity contribution in [3.05, 3.63) is 59.7 Å². The summed E-state index contributed by atoms with van der Waals surface area (Å²) in [7, 11) is -3.74. The van der Waals surface area contributed by atoms with Gasteiger partial charge in [-0.05, 0) is 55.3 Å². The molecule has 0 aliphatic heterocycles. The summed E-state index contributed by atoms with van der Waals surface area (Å²) in [6.45, 7) is 3.92. The molecule has 0 saturated carbocycles. The molecule has 2 aromatic rings. The molecule has 0 heterocycles. The third kappa shape index (κ3) is 6.10. The van der Waals surface area contributed by atoms with Crippen LogP contribution in [0.2, 0.25) is 0 Å². The maximum Gasteiger partial charge on any atom is 0.338 e. The van der Waals surface area contributed by atoms with Gasteiger partial charge in [-0.2, -0.15) is 0 Å². The zero-order valence-corrected chi connectivity index (χ0v) is 16.0. The summed E-state index contributed by atoms with van der Waals surface area (Å²) in [6, 6.07) is 12.5. The molecule has 0 unspecified atom stereocenters. The molecule has 0 aliphatic carbocycles. The fourth-order valence-corrected chi connectivity index (χ4v) is 3.38. The standard InChI is InChI=1S/C19H22N2O5S/c1-3-26-19(23)16-6-8-17(9-7-16)21-27(24,25)18-10-4-15(5-11-18)12-13-20-14(2)22/h4-11,21H,3,12-13H2,1-2H3,(H,20,22). The van der Waals surface area contributed by atoms with Gasteiger partial charge in [-0.25, -0.2) is 13.2 Å². The highest BCUT2D eigenvalue weighted by atomic mass is 32.2. The monoisotopic (exact) mass is 390 g/mol. The molecule has 0 radical (unpaired) electrons. The SMILES string of the molecule is CCOC(=O)c1ccc(NS(=O)(=O)c2ccc(CCNC(C)=O)cc2)cc1. The molecule has 2 aromatic carbocycles. The molecule has 144 valence electrons. The molecule has 27 heavy (non-hydrogen) atoms. The molecular weight excluding hydrogens is 368 g/mol. The van der Waals surface area contributed by atoms with Gasteiger partial charge < -0.3 is 10.1 Å². The molecule has 0 saturated heterocycles. The van der Waals surface area contributed by atoms with Gasteiger partial charge in [0, 0.05) is 19.2 Å². The first kappa shape index (κ1) is 20.4. The summed E-state index contributed by atoms with van der Waals surface area (Å²) in [5.74, 6) is -0.561. The normalized spacial score (nSPS) is 10.9. The Morgan fingerprint density at radius 2 is 1.63 bits per heavy atom. The van der Waals surface area contributed by atoms with E-state index in [0.29, 0.717) is 24.2 Å². The maximum absolute atomic E-state index is 12.5. The first-order valence-corrected chi connectivity index (χ1v) is 9.93. The number of amides is 1. The third-order valence-corrected chi connectivity index (χ3v) is 5.07. The molecule has 2 rings (SSSR count). The minimum absolute atomic E-state index is 0.104. The van der Waals surface area contributed by atoms with Gasteiger partial charge in [-0.15, -0.1) is 0 Å². The molecule has 0 fully saturated rings. The molecule has 2 N–H and O–H groups in total. The Labute approximate surface area is 158 Å². The largest absolute Gasteiger partial charge is 0.462 e. The second kappa shape index (κ2) is 9.18. The molecule has 8 heteroatoms. The second-order valence-corrected chi connectivity index (χ2v) is 7.46. The average molecular weight is 390 g/mol. The Balaban J connectivity index is 2.03. The number of hydrogen-bond acceptors (Lipinski definition) is 5. The molecule has 1 amide bonds. The quantitative estimate of drug-likeness (QED) is 0.674. The van der Waals surface area contributed by atoms with Crippen LogP contribution in [-0.2, 0) is 26.0 Å². The van der Waals surface area contributed by atoms with Crippen molar-refractivity contribution in [3.63, 3.8) is 0 Å². The summed E-state index contributed by atoms with van der Waals surface area (Å²) < 4.78 is 32.3. The Morgan fingerprint density at radius 3 is 2.19 bits per heavy atom. The highest BCUT2D eigenvalue weighted by molar-refractivity contribution is 7.92. The highest BCUT2D eigenvalue weighted by Gasteiger charge is 2.14. The van der Waals surface area contributed by atoms with E-state index < -0.39 is 16.0 Å². The van der Waals surface area contributed by atoms with Gasteiger partial charge in [0.1, 0.15) is 0 Å². The molecular formula is C19H22N2O5S. The Kier molecular flexibility index (Phi) is 6.95. The van der Waals surface area contributed by atoms with Crippen molar-refractivity contribution >= 4 is 27.6 Å². The van der Waals surface area contributed by atoms with Crippen molar-refractivity contribution < 1.29 is 22.7 Å². The lowest BCUT2D eigenvalue weighted by Crippen LogP contribution is -2.22. The summed E-state index contributed by atoms with van der Waals surface area (Å²) in [6.07, 6.45) is 0.614. The van der Waals surface area contributed by atoms with Crippen LogP contribution in [0.1, 0.15) is 29.8 Å². The van der Waals surface area contributed by atoms with E-state index in [0.717, 1.165) is 5.56 Å². The topological polar surface area (TPSA) is 102 Å². The predicted molar refractivity (Wildman–Crippen MR) is 102 cm³/mol. The zero-order chi connectivity index (χ0) is 19.9. The number of hydrogen-bond donors (Lipinski definition) is 2. The van der Waals surface area contributed by atoms with Crippen molar-refractivity contribution in [2.45, 2.75) is 25.2 Å². The smallest absolute Gasteiger partial charge is 0.338 e. The van der Waals surface area contributed by atoms with E-state index in [-0.39, 0.29) is 17.4 Å². The molecule has 0 bridgehead atoms. The van der Waals surface area contributed by atoms with Crippen LogP contribution in [0.4, 0.5) is 5.69 Å². The van der Waals surface area contributed by atoms with Crippen LogP contribution in [0.5, 0.6) is 0 Å². The first-order valence-electron chi connectivity index (χ1n) is 8.45. The number of carbonyl (C=O) groups excluding carboxylic acids is 2. The van der Waals surface area contributed by atoms with Gasteiger partial charge in [0.05, 0.1) is 17.1 Å². The first-order chi connectivity index (χ1) is 12.8. The average Bonchev–Trinajstić information content (AvgIpc) is 2.62. The maximum atomic E-state index is 12.5. The molecule has 0 atom stereocenters. The van der Waals surface area contributed by atoms with E-state index in [4.69, 9.17) is 4.74 Å².